The minimum absolute atomic E-state index is 0.00547. The third-order valence-corrected chi connectivity index (χ3v) is 3.52. The normalized spacial score (nSPS) is 10.7. The first-order valence-electron chi connectivity index (χ1n) is 6.15. The van der Waals surface area contributed by atoms with Gasteiger partial charge in [0.2, 0.25) is 5.88 Å². The number of carbonyl (C=O) groups excluding carboxylic acids is 1. The third-order valence-electron chi connectivity index (χ3n) is 2.96. The highest BCUT2D eigenvalue weighted by Gasteiger charge is 2.22. The summed E-state index contributed by atoms with van der Waals surface area (Å²) in [5, 5.41) is 10.9. The zero-order chi connectivity index (χ0) is 15.6. The molecule has 0 spiro atoms. The Morgan fingerprint density at radius 1 is 1.43 bits per heavy atom. The lowest BCUT2D eigenvalue weighted by Gasteiger charge is -2.13. The summed E-state index contributed by atoms with van der Waals surface area (Å²) >= 11 is 12.0. The van der Waals surface area contributed by atoms with Gasteiger partial charge in [0.1, 0.15) is 11.3 Å². The predicted octanol–water partition coefficient (Wildman–Crippen LogP) is 3.52. The maximum absolute atomic E-state index is 12.0. The van der Waals surface area contributed by atoms with Crippen LogP contribution in [0, 0.1) is 0 Å². The van der Waals surface area contributed by atoms with Crippen molar-refractivity contribution in [3.8, 4) is 11.6 Å². The molecule has 2 rings (SSSR count). The number of benzene rings is 1. The van der Waals surface area contributed by atoms with Crippen LogP contribution in [-0.2, 0) is 10.6 Å². The van der Waals surface area contributed by atoms with Crippen LogP contribution in [0.5, 0.6) is 11.6 Å². The van der Waals surface area contributed by atoms with Crippen LogP contribution in [0.25, 0.3) is 10.9 Å². The minimum Gasteiger partial charge on any atom is -0.495 e. The van der Waals surface area contributed by atoms with E-state index in [0.29, 0.717) is 27.2 Å². The second-order valence-electron chi connectivity index (χ2n) is 4.15. The van der Waals surface area contributed by atoms with E-state index >= 15 is 0 Å². The molecular formula is C14H13Cl2NO4. The number of alkyl halides is 1. The van der Waals surface area contributed by atoms with E-state index in [4.69, 9.17) is 32.7 Å². The number of rotatable bonds is 4. The Labute approximate surface area is 131 Å². The van der Waals surface area contributed by atoms with E-state index < -0.39 is 11.8 Å². The zero-order valence-electron chi connectivity index (χ0n) is 11.4. The summed E-state index contributed by atoms with van der Waals surface area (Å²) in [6.45, 7) is 1.86. The van der Waals surface area contributed by atoms with Crippen LogP contribution in [0.1, 0.15) is 22.8 Å². The third kappa shape index (κ3) is 2.84. The van der Waals surface area contributed by atoms with Crippen LogP contribution < -0.4 is 4.74 Å². The van der Waals surface area contributed by atoms with Gasteiger partial charge in [-0.15, -0.1) is 11.6 Å². The lowest BCUT2D eigenvalue weighted by Crippen LogP contribution is -2.09. The van der Waals surface area contributed by atoms with Gasteiger partial charge in [0.15, 0.2) is 0 Å². The van der Waals surface area contributed by atoms with Gasteiger partial charge < -0.3 is 14.6 Å². The molecule has 0 saturated carbocycles. The number of pyridine rings is 1. The molecule has 0 bridgehead atoms. The molecule has 0 radical (unpaired) electrons. The number of esters is 1. The molecule has 0 amide bonds. The molecule has 5 nitrogen and oxygen atoms in total. The van der Waals surface area contributed by atoms with Gasteiger partial charge in [-0.25, -0.2) is 9.78 Å². The van der Waals surface area contributed by atoms with E-state index in [2.05, 4.69) is 4.98 Å². The predicted molar refractivity (Wildman–Crippen MR) is 80.5 cm³/mol. The zero-order valence-corrected chi connectivity index (χ0v) is 13.0. The molecule has 0 fully saturated rings. The molecule has 2 aromatic rings. The molecule has 0 aliphatic rings. The number of aromatic nitrogens is 1. The molecule has 0 aliphatic carbocycles. The molecule has 1 heterocycles. The number of nitrogens with zero attached hydrogens (tertiary/aromatic N) is 1. The van der Waals surface area contributed by atoms with Gasteiger partial charge in [-0.3, -0.25) is 0 Å². The molecule has 0 unspecified atom stereocenters. The van der Waals surface area contributed by atoms with Crippen molar-refractivity contribution >= 4 is 40.1 Å². The van der Waals surface area contributed by atoms with E-state index in [1.807, 2.05) is 0 Å². The van der Waals surface area contributed by atoms with Crippen molar-refractivity contribution in [2.45, 2.75) is 12.8 Å². The highest BCUT2D eigenvalue weighted by Crippen LogP contribution is 2.35. The minimum atomic E-state index is -0.672. The van der Waals surface area contributed by atoms with Crippen molar-refractivity contribution in [3.05, 3.63) is 28.3 Å². The SMILES string of the molecule is CCOC(=O)c1c(O)nc2cc(Cl)c(OC)cc2c1CCl. The van der Waals surface area contributed by atoms with Gasteiger partial charge in [-0.05, 0) is 24.6 Å². The largest absolute Gasteiger partial charge is 0.495 e. The number of halogens is 2. The van der Waals surface area contributed by atoms with E-state index in [1.54, 1.807) is 19.1 Å². The Hall–Kier alpha value is -1.72. The summed E-state index contributed by atoms with van der Waals surface area (Å²) in [5.74, 6) is -0.671. The highest BCUT2D eigenvalue weighted by molar-refractivity contribution is 6.33. The van der Waals surface area contributed by atoms with Gasteiger partial charge >= 0.3 is 5.97 Å². The van der Waals surface area contributed by atoms with Crippen molar-refractivity contribution in [1.29, 1.82) is 0 Å². The Morgan fingerprint density at radius 2 is 2.14 bits per heavy atom. The highest BCUT2D eigenvalue weighted by atomic mass is 35.5. The molecule has 112 valence electrons. The molecule has 0 saturated heterocycles. The van der Waals surface area contributed by atoms with Crippen molar-refractivity contribution < 1.29 is 19.4 Å². The number of hydrogen-bond acceptors (Lipinski definition) is 5. The van der Waals surface area contributed by atoms with Crippen molar-refractivity contribution in [2.75, 3.05) is 13.7 Å². The Kier molecular flexibility index (Phi) is 4.75. The monoisotopic (exact) mass is 329 g/mol. The fourth-order valence-electron chi connectivity index (χ4n) is 2.03. The van der Waals surface area contributed by atoms with Crippen LogP contribution in [0.4, 0.5) is 0 Å². The Bertz CT molecular complexity index is 703. The lowest BCUT2D eigenvalue weighted by molar-refractivity contribution is 0.0521. The maximum atomic E-state index is 12.0. The van der Waals surface area contributed by atoms with Crippen LogP contribution in [0.3, 0.4) is 0 Å². The van der Waals surface area contributed by atoms with Gasteiger partial charge in [-0.2, -0.15) is 0 Å². The molecule has 1 aromatic heterocycles. The average Bonchev–Trinajstić information content (AvgIpc) is 2.45. The number of ether oxygens (including phenoxy) is 2. The Morgan fingerprint density at radius 3 is 2.71 bits per heavy atom. The van der Waals surface area contributed by atoms with E-state index in [9.17, 15) is 9.90 Å². The number of aromatic hydroxyl groups is 1. The standard InChI is InChI=1S/C14H13Cl2NO4/c1-3-21-14(19)12-8(6-15)7-4-11(20-2)9(16)5-10(7)17-13(12)18/h4-5H,3,6H2,1-2H3,(H,17,18). The van der Waals surface area contributed by atoms with Crippen LogP contribution in [-0.4, -0.2) is 29.8 Å². The summed E-state index contributed by atoms with van der Waals surface area (Å²) in [5.41, 5.74) is 0.804. The summed E-state index contributed by atoms with van der Waals surface area (Å²) in [7, 11) is 1.48. The van der Waals surface area contributed by atoms with Crippen LogP contribution >= 0.6 is 23.2 Å². The van der Waals surface area contributed by atoms with Crippen LogP contribution in [0.2, 0.25) is 5.02 Å². The van der Waals surface area contributed by atoms with E-state index in [0.717, 1.165) is 0 Å². The molecule has 21 heavy (non-hydrogen) atoms. The van der Waals surface area contributed by atoms with Crippen LogP contribution in [0.15, 0.2) is 12.1 Å². The first-order valence-corrected chi connectivity index (χ1v) is 7.06. The second kappa shape index (κ2) is 6.37. The fraction of sp³-hybridized carbons (Fsp3) is 0.286. The van der Waals surface area contributed by atoms with Gasteiger partial charge in [0, 0.05) is 11.3 Å². The van der Waals surface area contributed by atoms with E-state index in [1.165, 1.54) is 7.11 Å². The second-order valence-corrected chi connectivity index (χ2v) is 4.82. The summed E-state index contributed by atoms with van der Waals surface area (Å²) in [4.78, 5) is 16.0. The van der Waals surface area contributed by atoms with Crippen molar-refractivity contribution in [2.24, 2.45) is 0 Å². The van der Waals surface area contributed by atoms with Crippen molar-refractivity contribution in [1.82, 2.24) is 4.98 Å². The quantitative estimate of drug-likeness (QED) is 0.686. The number of carbonyl (C=O) groups is 1. The maximum Gasteiger partial charge on any atom is 0.343 e. The van der Waals surface area contributed by atoms with E-state index in [-0.39, 0.29) is 18.1 Å². The first-order chi connectivity index (χ1) is 10.0. The lowest BCUT2D eigenvalue weighted by atomic mass is 10.0. The number of fused-ring (bicyclic) bond motifs is 1. The molecular weight excluding hydrogens is 317 g/mol. The molecule has 7 heteroatoms. The topological polar surface area (TPSA) is 68.7 Å². The van der Waals surface area contributed by atoms with Gasteiger partial charge in [-0.1, -0.05) is 11.6 Å². The van der Waals surface area contributed by atoms with Crippen molar-refractivity contribution in [3.63, 3.8) is 0 Å². The Balaban J connectivity index is 2.79. The summed E-state index contributed by atoms with van der Waals surface area (Å²) in [6.07, 6.45) is 0. The number of hydrogen-bond donors (Lipinski definition) is 1. The molecule has 1 aromatic carbocycles. The first kappa shape index (κ1) is 15.7. The van der Waals surface area contributed by atoms with Gasteiger partial charge in [0.05, 0.1) is 24.3 Å². The molecule has 0 aliphatic heterocycles. The molecule has 1 N–H and O–H groups in total. The number of methoxy groups -OCH3 is 1. The molecule has 0 atom stereocenters. The smallest absolute Gasteiger partial charge is 0.343 e. The summed E-state index contributed by atoms with van der Waals surface area (Å²) in [6, 6.07) is 3.17. The van der Waals surface area contributed by atoms with Gasteiger partial charge in [0.25, 0.3) is 0 Å². The summed E-state index contributed by atoms with van der Waals surface area (Å²) < 4.78 is 10.1. The fourth-order valence-corrected chi connectivity index (χ4v) is 2.54. The average molecular weight is 330 g/mol.